The van der Waals surface area contributed by atoms with E-state index in [2.05, 4.69) is 10.6 Å². The third-order valence-electron chi connectivity index (χ3n) is 4.50. The first-order valence-electron chi connectivity index (χ1n) is 10.3. The SMILES string of the molecule is CCOc1cc(NC(=O)c2ccccc2)c(OCC)cc1NC(=O)CN(CC)CC. The van der Waals surface area contributed by atoms with Gasteiger partial charge in [-0.1, -0.05) is 32.0 Å². The van der Waals surface area contributed by atoms with Gasteiger partial charge in [-0.15, -0.1) is 0 Å². The lowest BCUT2D eigenvalue weighted by atomic mass is 10.2. The van der Waals surface area contributed by atoms with Crippen molar-refractivity contribution in [1.29, 1.82) is 0 Å². The summed E-state index contributed by atoms with van der Waals surface area (Å²) in [5, 5.41) is 5.78. The summed E-state index contributed by atoms with van der Waals surface area (Å²) in [7, 11) is 0. The Kier molecular flexibility index (Phi) is 9.15. The summed E-state index contributed by atoms with van der Waals surface area (Å²) in [6.45, 7) is 10.4. The molecule has 2 aromatic rings. The molecule has 30 heavy (non-hydrogen) atoms. The Morgan fingerprint density at radius 1 is 0.833 bits per heavy atom. The average molecular weight is 414 g/mol. The van der Waals surface area contributed by atoms with Crippen molar-refractivity contribution in [3.63, 3.8) is 0 Å². The Balaban J connectivity index is 2.31. The summed E-state index contributed by atoms with van der Waals surface area (Å²) >= 11 is 0. The van der Waals surface area contributed by atoms with Crippen molar-refractivity contribution in [1.82, 2.24) is 4.90 Å². The Hall–Kier alpha value is -3.06. The maximum atomic E-state index is 12.6. The molecule has 0 bridgehead atoms. The second-order valence-electron chi connectivity index (χ2n) is 6.54. The molecule has 0 aliphatic rings. The molecule has 0 saturated heterocycles. The molecule has 0 radical (unpaired) electrons. The predicted molar refractivity (Wildman–Crippen MR) is 120 cm³/mol. The van der Waals surface area contributed by atoms with Crippen molar-refractivity contribution < 1.29 is 19.1 Å². The van der Waals surface area contributed by atoms with E-state index in [0.717, 1.165) is 13.1 Å². The molecule has 2 aromatic carbocycles. The maximum absolute atomic E-state index is 12.6. The summed E-state index contributed by atoms with van der Waals surface area (Å²) in [4.78, 5) is 27.1. The highest BCUT2D eigenvalue weighted by atomic mass is 16.5. The molecule has 0 spiro atoms. The van der Waals surface area contributed by atoms with Crippen LogP contribution in [0.25, 0.3) is 0 Å². The number of nitrogens with zero attached hydrogens (tertiary/aromatic N) is 1. The van der Waals surface area contributed by atoms with E-state index in [4.69, 9.17) is 9.47 Å². The Morgan fingerprint density at radius 2 is 1.37 bits per heavy atom. The number of anilines is 2. The number of carbonyl (C=O) groups excluding carboxylic acids is 2. The molecular formula is C23H31N3O4. The average Bonchev–Trinajstić information content (AvgIpc) is 2.75. The van der Waals surface area contributed by atoms with Crippen molar-refractivity contribution in [2.24, 2.45) is 0 Å². The summed E-state index contributed by atoms with van der Waals surface area (Å²) in [6, 6.07) is 12.3. The largest absolute Gasteiger partial charge is 0.492 e. The van der Waals surface area contributed by atoms with Crippen molar-refractivity contribution in [3.05, 3.63) is 48.0 Å². The molecule has 2 rings (SSSR count). The molecule has 7 heteroatoms. The van der Waals surface area contributed by atoms with E-state index >= 15 is 0 Å². The zero-order valence-electron chi connectivity index (χ0n) is 18.2. The normalized spacial score (nSPS) is 10.6. The fourth-order valence-corrected chi connectivity index (χ4v) is 2.93. The van der Waals surface area contributed by atoms with Gasteiger partial charge in [0.1, 0.15) is 11.5 Å². The van der Waals surface area contributed by atoms with Gasteiger partial charge in [-0.25, -0.2) is 0 Å². The van der Waals surface area contributed by atoms with Gasteiger partial charge in [0.2, 0.25) is 5.91 Å². The van der Waals surface area contributed by atoms with E-state index in [1.165, 1.54) is 0 Å². The van der Waals surface area contributed by atoms with Crippen LogP contribution in [0.1, 0.15) is 38.1 Å². The molecule has 0 saturated carbocycles. The molecule has 7 nitrogen and oxygen atoms in total. The lowest BCUT2D eigenvalue weighted by Crippen LogP contribution is -2.33. The zero-order chi connectivity index (χ0) is 21.9. The van der Waals surface area contributed by atoms with E-state index in [0.29, 0.717) is 41.7 Å². The Bertz CT molecular complexity index is 836. The van der Waals surface area contributed by atoms with Crippen LogP contribution in [0.15, 0.2) is 42.5 Å². The fourth-order valence-electron chi connectivity index (χ4n) is 2.93. The van der Waals surface area contributed by atoms with Crippen LogP contribution in [0.2, 0.25) is 0 Å². The van der Waals surface area contributed by atoms with E-state index in [1.54, 1.807) is 36.4 Å². The quantitative estimate of drug-likeness (QED) is 0.582. The number of amides is 2. The first kappa shape index (κ1) is 23.2. The fraction of sp³-hybridized carbons (Fsp3) is 0.391. The predicted octanol–water partition coefficient (Wildman–Crippen LogP) is 4.02. The molecular weight excluding hydrogens is 382 g/mol. The van der Waals surface area contributed by atoms with E-state index in [-0.39, 0.29) is 18.4 Å². The molecule has 162 valence electrons. The second-order valence-corrected chi connectivity index (χ2v) is 6.54. The molecule has 0 aliphatic heterocycles. The monoisotopic (exact) mass is 413 g/mol. The maximum Gasteiger partial charge on any atom is 0.255 e. The van der Waals surface area contributed by atoms with Crippen LogP contribution in [0.4, 0.5) is 11.4 Å². The number of nitrogens with one attached hydrogen (secondary N) is 2. The van der Waals surface area contributed by atoms with Crippen molar-refractivity contribution in [2.45, 2.75) is 27.7 Å². The summed E-state index contributed by atoms with van der Waals surface area (Å²) in [6.07, 6.45) is 0. The minimum absolute atomic E-state index is 0.136. The van der Waals surface area contributed by atoms with Crippen LogP contribution in [-0.2, 0) is 4.79 Å². The number of rotatable bonds is 11. The molecule has 2 N–H and O–H groups in total. The van der Waals surface area contributed by atoms with Crippen LogP contribution in [0, 0.1) is 0 Å². The number of likely N-dealkylation sites (N-methyl/N-ethyl adjacent to an activating group) is 1. The first-order valence-corrected chi connectivity index (χ1v) is 10.3. The second kappa shape index (κ2) is 11.8. The first-order chi connectivity index (χ1) is 14.5. The molecule has 0 aromatic heterocycles. The van der Waals surface area contributed by atoms with Gasteiger partial charge in [-0.2, -0.15) is 0 Å². The summed E-state index contributed by atoms with van der Waals surface area (Å²) in [5.74, 6) is 0.543. The lowest BCUT2D eigenvalue weighted by molar-refractivity contribution is -0.117. The summed E-state index contributed by atoms with van der Waals surface area (Å²) < 4.78 is 11.4. The molecule has 0 heterocycles. The molecule has 0 unspecified atom stereocenters. The van der Waals surface area contributed by atoms with Gasteiger partial charge in [0.15, 0.2) is 0 Å². The minimum Gasteiger partial charge on any atom is -0.492 e. The number of hydrogen-bond acceptors (Lipinski definition) is 5. The van der Waals surface area contributed by atoms with Gasteiger partial charge in [-0.3, -0.25) is 14.5 Å². The van der Waals surface area contributed by atoms with Crippen LogP contribution in [0.5, 0.6) is 11.5 Å². The van der Waals surface area contributed by atoms with E-state index in [1.807, 2.05) is 38.7 Å². The van der Waals surface area contributed by atoms with Gasteiger partial charge in [0.05, 0.1) is 31.1 Å². The topological polar surface area (TPSA) is 79.9 Å². The van der Waals surface area contributed by atoms with Gasteiger partial charge >= 0.3 is 0 Å². The highest BCUT2D eigenvalue weighted by molar-refractivity contribution is 6.05. The van der Waals surface area contributed by atoms with Gasteiger partial charge in [0.25, 0.3) is 5.91 Å². The number of carbonyl (C=O) groups is 2. The van der Waals surface area contributed by atoms with Crippen molar-refractivity contribution in [3.8, 4) is 11.5 Å². The zero-order valence-corrected chi connectivity index (χ0v) is 18.2. The lowest BCUT2D eigenvalue weighted by Gasteiger charge is -2.20. The van der Waals surface area contributed by atoms with E-state index in [9.17, 15) is 9.59 Å². The van der Waals surface area contributed by atoms with E-state index < -0.39 is 0 Å². The Morgan fingerprint density at radius 3 is 1.87 bits per heavy atom. The smallest absolute Gasteiger partial charge is 0.255 e. The van der Waals surface area contributed by atoms with Crippen LogP contribution < -0.4 is 20.1 Å². The molecule has 0 atom stereocenters. The number of hydrogen-bond donors (Lipinski definition) is 2. The van der Waals surface area contributed by atoms with Crippen molar-refractivity contribution in [2.75, 3.05) is 43.5 Å². The molecule has 2 amide bonds. The third kappa shape index (κ3) is 6.49. The standard InChI is InChI=1S/C23H31N3O4/c1-5-26(6-2)16-22(27)24-18-14-21(30-8-4)19(15-20(18)29-7-3)25-23(28)17-12-10-9-11-13-17/h9-15H,5-8,16H2,1-4H3,(H,24,27)(H,25,28). The van der Waals surface area contributed by atoms with Crippen LogP contribution in [-0.4, -0.2) is 49.6 Å². The van der Waals surface area contributed by atoms with Gasteiger partial charge in [-0.05, 0) is 39.1 Å². The van der Waals surface area contributed by atoms with Gasteiger partial charge in [0, 0.05) is 17.7 Å². The number of ether oxygens (including phenoxy) is 2. The Labute approximate surface area is 178 Å². The molecule has 0 fully saturated rings. The molecule has 0 aliphatic carbocycles. The van der Waals surface area contributed by atoms with Gasteiger partial charge < -0.3 is 20.1 Å². The highest BCUT2D eigenvalue weighted by Gasteiger charge is 2.17. The van der Waals surface area contributed by atoms with Crippen LogP contribution in [0.3, 0.4) is 0 Å². The summed E-state index contributed by atoms with van der Waals surface area (Å²) in [5.41, 5.74) is 1.53. The van der Waals surface area contributed by atoms with Crippen molar-refractivity contribution >= 4 is 23.2 Å². The number of benzene rings is 2. The van der Waals surface area contributed by atoms with Crippen LogP contribution >= 0.6 is 0 Å². The minimum atomic E-state index is -0.252. The third-order valence-corrected chi connectivity index (χ3v) is 4.50. The highest BCUT2D eigenvalue weighted by Crippen LogP contribution is 2.37.